The fourth-order valence-corrected chi connectivity index (χ4v) is 3.49. The van der Waals surface area contributed by atoms with Crippen molar-refractivity contribution in [1.82, 2.24) is 4.98 Å². The van der Waals surface area contributed by atoms with Crippen LogP contribution in [0.25, 0.3) is 10.6 Å². The Balaban J connectivity index is 1.74. The molecular weight excluding hydrogens is 357 g/mol. The molecule has 0 aliphatic carbocycles. The van der Waals surface area contributed by atoms with Crippen molar-refractivity contribution in [3.8, 4) is 10.6 Å². The summed E-state index contributed by atoms with van der Waals surface area (Å²) in [6.07, 6.45) is 0. The summed E-state index contributed by atoms with van der Waals surface area (Å²) >= 11 is 15.1. The Morgan fingerprint density at radius 2 is 2.05 bits per heavy atom. The van der Waals surface area contributed by atoms with Crippen molar-refractivity contribution in [3.05, 3.63) is 56.7 Å². The van der Waals surface area contributed by atoms with Crippen LogP contribution in [-0.4, -0.2) is 10.7 Å². The van der Waals surface area contributed by atoms with Crippen LogP contribution in [0.1, 0.15) is 12.5 Å². The number of benzene rings is 1. The Bertz CT molecular complexity index is 810. The van der Waals surface area contributed by atoms with Crippen LogP contribution in [0.3, 0.4) is 0 Å². The third-order valence-corrected chi connectivity index (χ3v) is 5.31. The Hall–Kier alpha value is -1.40. The third kappa shape index (κ3) is 3.50. The first kappa shape index (κ1) is 15.5. The SMILES string of the molecule is CC(=NNc1nc(-c2cccs2)cs1)c1ccc(Cl)c(Cl)c1. The van der Waals surface area contributed by atoms with E-state index >= 15 is 0 Å². The molecule has 0 saturated heterocycles. The van der Waals surface area contributed by atoms with Crippen molar-refractivity contribution in [1.29, 1.82) is 0 Å². The lowest BCUT2D eigenvalue weighted by molar-refractivity contribution is 1.27. The molecule has 0 atom stereocenters. The number of hydrogen-bond donors (Lipinski definition) is 1. The average molecular weight is 368 g/mol. The number of nitrogens with one attached hydrogen (secondary N) is 1. The van der Waals surface area contributed by atoms with Gasteiger partial charge in [-0.1, -0.05) is 35.3 Å². The largest absolute Gasteiger partial charge is 0.252 e. The molecule has 0 fully saturated rings. The number of thiazole rings is 1. The maximum Gasteiger partial charge on any atom is 0.203 e. The Kier molecular flexibility index (Phi) is 4.78. The van der Waals surface area contributed by atoms with E-state index in [0.717, 1.165) is 27.0 Å². The lowest BCUT2D eigenvalue weighted by atomic mass is 10.1. The number of rotatable bonds is 4. The molecule has 3 aromatic rings. The van der Waals surface area contributed by atoms with Gasteiger partial charge in [0.25, 0.3) is 0 Å². The monoisotopic (exact) mass is 367 g/mol. The second-order valence-electron chi connectivity index (χ2n) is 4.45. The summed E-state index contributed by atoms with van der Waals surface area (Å²) in [5.74, 6) is 0. The highest BCUT2D eigenvalue weighted by Gasteiger charge is 2.06. The highest BCUT2D eigenvalue weighted by atomic mass is 35.5. The number of nitrogens with zero attached hydrogens (tertiary/aromatic N) is 2. The van der Waals surface area contributed by atoms with E-state index in [0.29, 0.717) is 10.0 Å². The van der Waals surface area contributed by atoms with Gasteiger partial charge in [-0.3, -0.25) is 5.43 Å². The fraction of sp³-hybridized carbons (Fsp3) is 0.0667. The van der Waals surface area contributed by atoms with E-state index in [2.05, 4.69) is 15.5 Å². The Morgan fingerprint density at radius 1 is 1.18 bits per heavy atom. The molecular formula is C15H11Cl2N3S2. The molecule has 0 amide bonds. The van der Waals surface area contributed by atoms with Crippen LogP contribution in [0, 0.1) is 0 Å². The molecule has 0 bridgehead atoms. The number of thiophene rings is 1. The van der Waals surface area contributed by atoms with Crippen LogP contribution < -0.4 is 5.43 Å². The van der Waals surface area contributed by atoms with Gasteiger partial charge in [-0.2, -0.15) is 5.10 Å². The predicted molar refractivity (Wildman–Crippen MR) is 97.7 cm³/mol. The van der Waals surface area contributed by atoms with Crippen LogP contribution in [0.2, 0.25) is 10.0 Å². The molecule has 1 N–H and O–H groups in total. The second kappa shape index (κ2) is 6.79. The van der Waals surface area contributed by atoms with Gasteiger partial charge in [0.15, 0.2) is 0 Å². The smallest absolute Gasteiger partial charge is 0.203 e. The maximum absolute atomic E-state index is 6.02. The maximum atomic E-state index is 6.02. The first-order chi connectivity index (χ1) is 10.6. The van der Waals surface area contributed by atoms with E-state index in [4.69, 9.17) is 23.2 Å². The van der Waals surface area contributed by atoms with Crippen molar-refractivity contribution in [2.24, 2.45) is 5.10 Å². The molecule has 3 nitrogen and oxygen atoms in total. The zero-order chi connectivity index (χ0) is 15.5. The first-order valence-electron chi connectivity index (χ1n) is 6.38. The van der Waals surface area contributed by atoms with Gasteiger partial charge >= 0.3 is 0 Å². The minimum Gasteiger partial charge on any atom is -0.252 e. The van der Waals surface area contributed by atoms with E-state index in [9.17, 15) is 0 Å². The molecule has 2 heterocycles. The predicted octanol–water partition coefficient (Wildman–Crippen LogP) is 6.01. The molecule has 3 rings (SSSR count). The number of hydrazone groups is 1. The Labute approximate surface area is 146 Å². The molecule has 0 aliphatic rings. The lowest BCUT2D eigenvalue weighted by Gasteiger charge is -2.03. The van der Waals surface area contributed by atoms with Gasteiger partial charge in [0.1, 0.15) is 0 Å². The molecule has 112 valence electrons. The lowest BCUT2D eigenvalue weighted by Crippen LogP contribution is -1.99. The summed E-state index contributed by atoms with van der Waals surface area (Å²) in [6.45, 7) is 1.90. The molecule has 0 radical (unpaired) electrons. The number of halogens is 2. The van der Waals surface area contributed by atoms with Crippen molar-refractivity contribution in [2.75, 3.05) is 5.43 Å². The van der Waals surface area contributed by atoms with Crippen LogP contribution >= 0.6 is 45.9 Å². The third-order valence-electron chi connectivity index (χ3n) is 2.93. The van der Waals surface area contributed by atoms with Gasteiger partial charge in [0.2, 0.25) is 5.13 Å². The van der Waals surface area contributed by atoms with Gasteiger partial charge in [-0.25, -0.2) is 4.98 Å². The van der Waals surface area contributed by atoms with E-state index < -0.39 is 0 Å². The fourth-order valence-electron chi connectivity index (χ4n) is 1.78. The van der Waals surface area contributed by atoms with Crippen molar-refractivity contribution < 1.29 is 0 Å². The van der Waals surface area contributed by atoms with Gasteiger partial charge in [0.05, 0.1) is 26.3 Å². The molecule has 2 aromatic heterocycles. The van der Waals surface area contributed by atoms with E-state index in [1.54, 1.807) is 23.5 Å². The minimum atomic E-state index is 0.517. The standard InChI is InChI=1S/C15H11Cl2N3S2/c1-9(10-4-5-11(16)12(17)7-10)19-20-15-18-13(8-22-15)14-3-2-6-21-14/h2-8H,1H3,(H,18,20). The number of hydrogen-bond acceptors (Lipinski definition) is 5. The zero-order valence-electron chi connectivity index (χ0n) is 11.5. The van der Waals surface area contributed by atoms with Crippen molar-refractivity contribution in [3.63, 3.8) is 0 Å². The second-order valence-corrected chi connectivity index (χ2v) is 7.07. The molecule has 22 heavy (non-hydrogen) atoms. The summed E-state index contributed by atoms with van der Waals surface area (Å²) in [6, 6.07) is 9.50. The molecule has 0 spiro atoms. The topological polar surface area (TPSA) is 37.3 Å². The van der Waals surface area contributed by atoms with Crippen LogP contribution in [-0.2, 0) is 0 Å². The molecule has 0 saturated carbocycles. The summed E-state index contributed by atoms with van der Waals surface area (Å²) in [5, 5.41) is 10.2. The van der Waals surface area contributed by atoms with E-state index in [1.165, 1.54) is 11.3 Å². The molecule has 1 aromatic carbocycles. The van der Waals surface area contributed by atoms with E-state index in [-0.39, 0.29) is 0 Å². The molecule has 0 unspecified atom stereocenters. The highest BCUT2D eigenvalue weighted by molar-refractivity contribution is 7.15. The normalized spacial score (nSPS) is 11.7. The molecule has 7 heteroatoms. The van der Waals surface area contributed by atoms with Gasteiger partial charge < -0.3 is 0 Å². The first-order valence-corrected chi connectivity index (χ1v) is 8.90. The summed E-state index contributed by atoms with van der Waals surface area (Å²) in [7, 11) is 0. The quantitative estimate of drug-likeness (QED) is 0.452. The highest BCUT2D eigenvalue weighted by Crippen LogP contribution is 2.28. The number of aromatic nitrogens is 1. The minimum absolute atomic E-state index is 0.517. The van der Waals surface area contributed by atoms with Crippen LogP contribution in [0.15, 0.2) is 46.2 Å². The van der Waals surface area contributed by atoms with Crippen molar-refractivity contribution in [2.45, 2.75) is 6.92 Å². The van der Waals surface area contributed by atoms with Gasteiger partial charge in [-0.15, -0.1) is 22.7 Å². The average Bonchev–Trinajstić information content (AvgIpc) is 3.18. The van der Waals surface area contributed by atoms with Crippen molar-refractivity contribution >= 4 is 56.7 Å². The van der Waals surface area contributed by atoms with Crippen LogP contribution in [0.5, 0.6) is 0 Å². The summed E-state index contributed by atoms with van der Waals surface area (Å²) in [5.41, 5.74) is 5.67. The number of anilines is 1. The summed E-state index contributed by atoms with van der Waals surface area (Å²) < 4.78 is 0. The van der Waals surface area contributed by atoms with Gasteiger partial charge in [-0.05, 0) is 36.1 Å². The van der Waals surface area contributed by atoms with Crippen LogP contribution in [0.4, 0.5) is 5.13 Å². The zero-order valence-corrected chi connectivity index (χ0v) is 14.7. The van der Waals surface area contributed by atoms with E-state index in [1.807, 2.05) is 35.9 Å². The van der Waals surface area contributed by atoms with Gasteiger partial charge in [0, 0.05) is 5.38 Å². The molecule has 0 aliphatic heterocycles. The summed E-state index contributed by atoms with van der Waals surface area (Å²) in [4.78, 5) is 5.66. The Morgan fingerprint density at radius 3 is 2.77 bits per heavy atom.